The van der Waals surface area contributed by atoms with Crippen LogP contribution in [0.3, 0.4) is 0 Å². The number of hydrogen-bond donors (Lipinski definition) is 1. The normalized spacial score (nSPS) is 12.4. The van der Waals surface area contributed by atoms with Crippen LogP contribution < -0.4 is 0 Å². The maximum Gasteiger partial charge on any atom is 0.124 e. The van der Waals surface area contributed by atoms with Crippen molar-refractivity contribution < 1.29 is 9.50 Å². The minimum absolute atomic E-state index is 0.0840. The van der Waals surface area contributed by atoms with Crippen LogP contribution in [0, 0.1) is 18.7 Å². The summed E-state index contributed by atoms with van der Waals surface area (Å²) in [4.78, 5) is 0. The highest BCUT2D eigenvalue weighted by atomic mass is 35.5. The molecule has 0 aromatic heterocycles. The van der Waals surface area contributed by atoms with Crippen molar-refractivity contribution in [2.24, 2.45) is 5.92 Å². The van der Waals surface area contributed by atoms with E-state index in [1.54, 1.807) is 6.07 Å². The molecular weight excluding hydrogens is 275 g/mol. The van der Waals surface area contributed by atoms with Gasteiger partial charge in [-0.25, -0.2) is 4.39 Å². The van der Waals surface area contributed by atoms with Gasteiger partial charge in [-0.3, -0.25) is 0 Å². The van der Waals surface area contributed by atoms with E-state index < -0.39 is 0 Å². The quantitative estimate of drug-likeness (QED) is 0.876. The van der Waals surface area contributed by atoms with Gasteiger partial charge in [0.2, 0.25) is 0 Å². The second kappa shape index (κ2) is 6.87. The second-order valence-electron chi connectivity index (χ2n) is 5.18. The van der Waals surface area contributed by atoms with E-state index >= 15 is 0 Å². The minimum Gasteiger partial charge on any atom is -0.396 e. The van der Waals surface area contributed by atoms with Gasteiger partial charge in [0.25, 0.3) is 0 Å². The summed E-state index contributed by atoms with van der Waals surface area (Å²) in [6.45, 7) is 2.13. The Morgan fingerprint density at radius 1 is 1.10 bits per heavy atom. The Hall–Kier alpha value is -1.38. The van der Waals surface area contributed by atoms with E-state index in [0.717, 1.165) is 12.0 Å². The number of aryl methyl sites for hydroxylation is 1. The molecule has 0 bridgehead atoms. The molecule has 1 N–H and O–H groups in total. The van der Waals surface area contributed by atoms with Crippen LogP contribution in [-0.2, 0) is 12.8 Å². The highest BCUT2D eigenvalue weighted by molar-refractivity contribution is 6.31. The zero-order valence-corrected chi connectivity index (χ0v) is 12.2. The first kappa shape index (κ1) is 15.0. The molecule has 1 nitrogen and oxygen atoms in total. The highest BCUT2D eigenvalue weighted by Gasteiger charge is 2.12. The first-order valence-electron chi connectivity index (χ1n) is 6.69. The molecule has 0 spiro atoms. The molecule has 2 aromatic rings. The lowest BCUT2D eigenvalue weighted by Crippen LogP contribution is -2.13. The smallest absolute Gasteiger partial charge is 0.124 e. The topological polar surface area (TPSA) is 20.2 Å². The SMILES string of the molecule is Cc1ccc(CC(CO)Cc2ccc(F)cc2Cl)cc1. The third kappa shape index (κ3) is 4.06. The van der Waals surface area contributed by atoms with Crippen molar-refractivity contribution in [2.75, 3.05) is 6.61 Å². The van der Waals surface area contributed by atoms with Gasteiger partial charge >= 0.3 is 0 Å². The number of hydrogen-bond acceptors (Lipinski definition) is 1. The molecule has 1 unspecified atom stereocenters. The average Bonchev–Trinajstić information content (AvgIpc) is 2.43. The molecule has 0 saturated heterocycles. The fraction of sp³-hybridized carbons (Fsp3) is 0.294. The molecule has 106 valence electrons. The van der Waals surface area contributed by atoms with Gasteiger partial charge in [0.1, 0.15) is 5.82 Å². The van der Waals surface area contributed by atoms with Crippen molar-refractivity contribution >= 4 is 11.6 Å². The van der Waals surface area contributed by atoms with Crippen LogP contribution in [0.4, 0.5) is 4.39 Å². The lowest BCUT2D eigenvalue weighted by atomic mass is 9.93. The summed E-state index contributed by atoms with van der Waals surface area (Å²) in [6.07, 6.45) is 1.42. The Morgan fingerprint density at radius 2 is 1.80 bits per heavy atom. The third-order valence-electron chi connectivity index (χ3n) is 3.43. The lowest BCUT2D eigenvalue weighted by Gasteiger charge is -2.15. The van der Waals surface area contributed by atoms with Gasteiger partial charge < -0.3 is 5.11 Å². The van der Waals surface area contributed by atoms with E-state index in [2.05, 4.69) is 24.3 Å². The monoisotopic (exact) mass is 292 g/mol. The van der Waals surface area contributed by atoms with Crippen LogP contribution >= 0.6 is 11.6 Å². The zero-order chi connectivity index (χ0) is 14.5. The van der Waals surface area contributed by atoms with Crippen molar-refractivity contribution in [3.05, 3.63) is 70.0 Å². The van der Waals surface area contributed by atoms with Crippen LogP contribution in [0.25, 0.3) is 0 Å². The predicted molar refractivity (Wildman–Crippen MR) is 80.6 cm³/mol. The molecule has 0 aliphatic carbocycles. The van der Waals surface area contributed by atoms with E-state index in [4.69, 9.17) is 11.6 Å². The van der Waals surface area contributed by atoms with Gasteiger partial charge in [-0.2, -0.15) is 0 Å². The summed E-state index contributed by atoms with van der Waals surface area (Å²) < 4.78 is 13.0. The maximum atomic E-state index is 13.0. The van der Waals surface area contributed by atoms with E-state index in [9.17, 15) is 9.50 Å². The Bertz CT molecular complexity index is 566. The summed E-state index contributed by atoms with van der Waals surface area (Å²) in [6, 6.07) is 12.7. The van der Waals surface area contributed by atoms with Crippen LogP contribution in [-0.4, -0.2) is 11.7 Å². The average molecular weight is 293 g/mol. The van der Waals surface area contributed by atoms with Gasteiger partial charge in [0.05, 0.1) is 0 Å². The molecule has 0 aliphatic heterocycles. The second-order valence-corrected chi connectivity index (χ2v) is 5.59. The van der Waals surface area contributed by atoms with E-state index in [0.29, 0.717) is 11.4 Å². The first-order valence-corrected chi connectivity index (χ1v) is 7.06. The van der Waals surface area contributed by atoms with Crippen LogP contribution in [0.15, 0.2) is 42.5 Å². The number of halogens is 2. The lowest BCUT2D eigenvalue weighted by molar-refractivity contribution is 0.225. The largest absolute Gasteiger partial charge is 0.396 e. The van der Waals surface area contributed by atoms with Crippen molar-refractivity contribution in [1.29, 1.82) is 0 Å². The summed E-state index contributed by atoms with van der Waals surface area (Å²) >= 11 is 6.03. The van der Waals surface area contributed by atoms with Crippen molar-refractivity contribution in [3.8, 4) is 0 Å². The summed E-state index contributed by atoms with van der Waals surface area (Å²) in [5, 5.41) is 9.96. The molecule has 20 heavy (non-hydrogen) atoms. The summed E-state index contributed by atoms with van der Waals surface area (Å²) in [7, 11) is 0. The maximum absolute atomic E-state index is 13.0. The Labute approximate surface area is 124 Å². The van der Waals surface area contributed by atoms with Crippen molar-refractivity contribution in [3.63, 3.8) is 0 Å². The van der Waals surface area contributed by atoms with Gasteiger partial charge in [0.15, 0.2) is 0 Å². The van der Waals surface area contributed by atoms with E-state index in [-0.39, 0.29) is 18.3 Å². The number of benzene rings is 2. The summed E-state index contributed by atoms with van der Waals surface area (Å²) in [5.41, 5.74) is 3.28. The molecule has 0 radical (unpaired) electrons. The predicted octanol–water partition coefficient (Wildman–Crippen LogP) is 4.18. The van der Waals surface area contributed by atoms with Crippen LogP contribution in [0.2, 0.25) is 5.02 Å². The van der Waals surface area contributed by atoms with Gasteiger partial charge in [-0.1, -0.05) is 47.5 Å². The molecular formula is C17H18ClFO. The van der Waals surface area contributed by atoms with Crippen molar-refractivity contribution in [2.45, 2.75) is 19.8 Å². The van der Waals surface area contributed by atoms with Gasteiger partial charge in [-0.05, 0) is 48.9 Å². The fourth-order valence-electron chi connectivity index (χ4n) is 2.26. The van der Waals surface area contributed by atoms with Crippen LogP contribution in [0.1, 0.15) is 16.7 Å². The van der Waals surface area contributed by atoms with Crippen molar-refractivity contribution in [1.82, 2.24) is 0 Å². The first-order chi connectivity index (χ1) is 9.58. The molecule has 3 heteroatoms. The Balaban J connectivity index is 2.07. The Kier molecular flexibility index (Phi) is 5.16. The molecule has 2 aromatic carbocycles. The third-order valence-corrected chi connectivity index (χ3v) is 3.78. The molecule has 0 heterocycles. The molecule has 2 rings (SSSR count). The van der Waals surface area contributed by atoms with Crippen LogP contribution in [0.5, 0.6) is 0 Å². The molecule has 0 saturated carbocycles. The number of rotatable bonds is 5. The zero-order valence-electron chi connectivity index (χ0n) is 11.4. The molecule has 1 atom stereocenters. The fourth-order valence-corrected chi connectivity index (χ4v) is 2.50. The molecule has 0 fully saturated rings. The summed E-state index contributed by atoms with van der Waals surface area (Å²) in [5.74, 6) is -0.251. The minimum atomic E-state index is -0.335. The number of aliphatic hydroxyl groups is 1. The Morgan fingerprint density at radius 3 is 2.40 bits per heavy atom. The van der Waals surface area contributed by atoms with Gasteiger partial charge in [0, 0.05) is 11.6 Å². The highest BCUT2D eigenvalue weighted by Crippen LogP contribution is 2.22. The van der Waals surface area contributed by atoms with E-state index in [1.165, 1.54) is 23.3 Å². The molecule has 0 aliphatic rings. The van der Waals surface area contributed by atoms with E-state index in [1.807, 2.05) is 6.92 Å². The van der Waals surface area contributed by atoms with Gasteiger partial charge in [-0.15, -0.1) is 0 Å². The number of aliphatic hydroxyl groups excluding tert-OH is 1. The molecule has 0 amide bonds. The standard InChI is InChI=1S/C17H18ClFO/c1-12-2-4-13(5-3-12)8-14(11-20)9-15-6-7-16(19)10-17(15)18/h2-7,10,14,20H,8-9,11H2,1H3.